The van der Waals surface area contributed by atoms with Gasteiger partial charge in [-0.25, -0.2) is 4.90 Å². The average molecular weight is 522 g/mol. The second-order valence-corrected chi connectivity index (χ2v) is 9.73. The number of amides is 2. The van der Waals surface area contributed by atoms with Crippen LogP contribution in [-0.2, 0) is 14.3 Å². The molecule has 180 valence electrons. The number of rotatable bonds is 3. The molecule has 36 heavy (non-hydrogen) atoms. The van der Waals surface area contributed by atoms with E-state index in [1.165, 1.54) is 31.4 Å². The lowest BCUT2D eigenvalue weighted by atomic mass is 9.77. The quantitative estimate of drug-likeness (QED) is 0.366. The Labute approximate surface area is 215 Å². The molecule has 6 rings (SSSR count). The van der Waals surface area contributed by atoms with Crippen LogP contribution in [0.4, 0.5) is 5.69 Å². The highest BCUT2D eigenvalue weighted by atomic mass is 35.5. The van der Waals surface area contributed by atoms with Crippen LogP contribution in [0, 0.1) is 11.8 Å². The molecule has 3 aromatic rings. The van der Waals surface area contributed by atoms with Crippen LogP contribution in [-0.4, -0.2) is 36.1 Å². The highest BCUT2D eigenvalue weighted by Crippen LogP contribution is 2.58. The predicted molar refractivity (Wildman–Crippen MR) is 131 cm³/mol. The number of halogens is 2. The van der Waals surface area contributed by atoms with Crippen LogP contribution in [0.2, 0.25) is 10.0 Å². The number of ketones is 2. The minimum absolute atomic E-state index is 0.134. The highest BCUT2D eigenvalue weighted by molar-refractivity contribution is 6.37. The number of benzene rings is 3. The summed E-state index contributed by atoms with van der Waals surface area (Å²) in [4.78, 5) is 56.5. The smallest absolute Gasteiger partial charge is 0.241 e. The van der Waals surface area contributed by atoms with Gasteiger partial charge in [-0.2, -0.15) is 0 Å². The second kappa shape index (κ2) is 8.00. The van der Waals surface area contributed by atoms with E-state index in [1.807, 2.05) is 0 Å². The summed E-state index contributed by atoms with van der Waals surface area (Å²) >= 11 is 12.2. The number of hydrogen-bond donors (Lipinski definition) is 0. The van der Waals surface area contributed by atoms with E-state index in [9.17, 15) is 19.2 Å². The van der Waals surface area contributed by atoms with Gasteiger partial charge in [-0.05, 0) is 35.9 Å². The number of carbonyl (C=O) groups excluding carboxylic acids is 4. The number of ether oxygens (including phenoxy) is 2. The van der Waals surface area contributed by atoms with Crippen molar-refractivity contribution in [3.05, 3.63) is 93.5 Å². The lowest BCUT2D eigenvalue weighted by Crippen LogP contribution is -2.51. The molecule has 0 N–H and O–H groups in total. The Kier molecular flexibility index (Phi) is 5.09. The van der Waals surface area contributed by atoms with Crippen LogP contribution in [0.5, 0.6) is 5.75 Å². The van der Waals surface area contributed by atoms with Gasteiger partial charge in [0.15, 0.2) is 0 Å². The molecule has 2 aliphatic heterocycles. The topological polar surface area (TPSA) is 90.0 Å². The van der Waals surface area contributed by atoms with Gasteiger partial charge in [-0.1, -0.05) is 59.6 Å². The molecule has 1 spiro atoms. The predicted octanol–water partition coefficient (Wildman–Crippen LogP) is 4.70. The number of anilines is 1. The van der Waals surface area contributed by atoms with Crippen molar-refractivity contribution in [2.24, 2.45) is 11.8 Å². The zero-order valence-electron chi connectivity index (χ0n) is 18.7. The molecule has 2 fully saturated rings. The fourth-order valence-electron chi connectivity index (χ4n) is 5.55. The highest BCUT2D eigenvalue weighted by Gasteiger charge is 2.74. The Hall–Kier alpha value is -3.52. The van der Waals surface area contributed by atoms with Crippen LogP contribution in [0.25, 0.3) is 0 Å². The third-order valence-electron chi connectivity index (χ3n) is 7.10. The lowest BCUT2D eigenvalue weighted by Gasteiger charge is -2.27. The Morgan fingerprint density at radius 1 is 0.833 bits per heavy atom. The van der Waals surface area contributed by atoms with Gasteiger partial charge in [-0.3, -0.25) is 19.2 Å². The Morgan fingerprint density at radius 3 is 2.06 bits per heavy atom. The molecule has 0 aromatic heterocycles. The van der Waals surface area contributed by atoms with Crippen molar-refractivity contribution in [3.8, 4) is 5.75 Å². The molecule has 3 atom stereocenters. The molecule has 0 saturated carbocycles. The molecule has 2 heterocycles. The van der Waals surface area contributed by atoms with Crippen LogP contribution in [0.1, 0.15) is 32.4 Å². The first-order valence-corrected chi connectivity index (χ1v) is 11.9. The number of carbonyl (C=O) groups is 4. The van der Waals surface area contributed by atoms with Crippen molar-refractivity contribution in [2.75, 3.05) is 12.0 Å². The van der Waals surface area contributed by atoms with Crippen molar-refractivity contribution in [3.63, 3.8) is 0 Å². The molecular weight excluding hydrogens is 505 g/mol. The number of methoxy groups -OCH3 is 1. The number of hydrogen-bond acceptors (Lipinski definition) is 6. The summed E-state index contributed by atoms with van der Waals surface area (Å²) in [6.45, 7) is 0. The molecule has 2 saturated heterocycles. The van der Waals surface area contributed by atoms with E-state index in [0.717, 1.165) is 4.90 Å². The number of fused-ring (bicyclic) bond motifs is 3. The van der Waals surface area contributed by atoms with Gasteiger partial charge in [0.2, 0.25) is 29.0 Å². The molecule has 3 aliphatic rings. The molecule has 0 unspecified atom stereocenters. The molecule has 0 bridgehead atoms. The first-order chi connectivity index (χ1) is 17.3. The maximum Gasteiger partial charge on any atom is 0.241 e. The van der Waals surface area contributed by atoms with Crippen LogP contribution < -0.4 is 9.64 Å². The van der Waals surface area contributed by atoms with Gasteiger partial charge in [0.25, 0.3) is 0 Å². The summed E-state index contributed by atoms with van der Waals surface area (Å²) in [5, 5.41) is 0.742. The van der Waals surface area contributed by atoms with Crippen molar-refractivity contribution >= 4 is 52.3 Å². The summed E-state index contributed by atoms with van der Waals surface area (Å²) in [5.41, 5.74) is -1.18. The van der Waals surface area contributed by atoms with E-state index in [-0.39, 0.29) is 27.6 Å². The SMILES string of the molecule is COc1ccc(Cl)cc1N1C(=O)[C@H]2[C@@H](c3ccc(Cl)cc3)OC3(C(=O)c4ccccc4C3=O)[C@@H]2C1=O. The van der Waals surface area contributed by atoms with E-state index in [4.69, 9.17) is 32.7 Å². The summed E-state index contributed by atoms with van der Waals surface area (Å²) in [6, 6.07) is 17.4. The van der Waals surface area contributed by atoms with Gasteiger partial charge in [0.1, 0.15) is 5.75 Å². The van der Waals surface area contributed by atoms with E-state index in [1.54, 1.807) is 42.5 Å². The third-order valence-corrected chi connectivity index (χ3v) is 7.59. The molecule has 3 aromatic carbocycles. The number of nitrogens with zero attached hydrogens (tertiary/aromatic N) is 1. The molecule has 9 heteroatoms. The minimum Gasteiger partial charge on any atom is -0.495 e. The Bertz CT molecular complexity index is 1450. The lowest BCUT2D eigenvalue weighted by molar-refractivity contribution is -0.127. The molecule has 0 radical (unpaired) electrons. The maximum atomic E-state index is 14.0. The van der Waals surface area contributed by atoms with Crippen molar-refractivity contribution < 1.29 is 28.7 Å². The number of Topliss-reactive ketones (excluding diaryl/α,β-unsaturated/α-hetero) is 2. The van der Waals surface area contributed by atoms with E-state index >= 15 is 0 Å². The zero-order chi connectivity index (χ0) is 25.4. The van der Waals surface area contributed by atoms with Crippen molar-refractivity contribution in [1.29, 1.82) is 0 Å². The largest absolute Gasteiger partial charge is 0.495 e. The molecular formula is C27H17Cl2NO6. The van der Waals surface area contributed by atoms with Crippen molar-refractivity contribution in [2.45, 2.75) is 11.7 Å². The van der Waals surface area contributed by atoms with Gasteiger partial charge < -0.3 is 9.47 Å². The monoisotopic (exact) mass is 521 g/mol. The summed E-state index contributed by atoms with van der Waals surface area (Å²) < 4.78 is 11.6. The minimum atomic E-state index is -2.16. The molecule has 2 amide bonds. The van der Waals surface area contributed by atoms with Crippen molar-refractivity contribution in [1.82, 2.24) is 0 Å². The molecule has 7 nitrogen and oxygen atoms in total. The Balaban J connectivity index is 1.56. The summed E-state index contributed by atoms with van der Waals surface area (Å²) in [5.74, 6) is -4.86. The van der Waals surface area contributed by atoms with Gasteiger partial charge >= 0.3 is 0 Å². The number of imide groups is 1. The van der Waals surface area contributed by atoms with Crippen LogP contribution in [0.15, 0.2) is 66.7 Å². The van der Waals surface area contributed by atoms with E-state index < -0.39 is 46.9 Å². The Morgan fingerprint density at radius 2 is 1.44 bits per heavy atom. The molecule has 1 aliphatic carbocycles. The standard InChI is InChI=1S/C27H17Cl2NO6/c1-35-19-11-10-15(29)12-18(19)30-25(33)20-21(26(30)34)27(36-22(20)13-6-8-14(28)9-7-13)23(31)16-4-2-3-5-17(16)24(27)32/h2-12,20-22H,1H3/t20-,21+,22-/m1/s1. The third kappa shape index (κ3) is 2.91. The van der Waals surface area contributed by atoms with Gasteiger partial charge in [-0.15, -0.1) is 0 Å². The van der Waals surface area contributed by atoms with Crippen LogP contribution in [0.3, 0.4) is 0 Å². The first-order valence-electron chi connectivity index (χ1n) is 11.1. The fourth-order valence-corrected chi connectivity index (χ4v) is 5.84. The summed E-state index contributed by atoms with van der Waals surface area (Å²) in [6.07, 6.45) is -1.04. The van der Waals surface area contributed by atoms with E-state index in [0.29, 0.717) is 10.6 Å². The first kappa shape index (κ1) is 22.9. The zero-order valence-corrected chi connectivity index (χ0v) is 20.2. The normalized spacial score (nSPS) is 24.0. The maximum absolute atomic E-state index is 14.0. The van der Waals surface area contributed by atoms with E-state index in [2.05, 4.69) is 0 Å². The van der Waals surface area contributed by atoms with Crippen LogP contribution >= 0.6 is 23.2 Å². The van der Waals surface area contributed by atoms with Gasteiger partial charge in [0.05, 0.1) is 30.7 Å². The second-order valence-electron chi connectivity index (χ2n) is 8.86. The summed E-state index contributed by atoms with van der Waals surface area (Å²) in [7, 11) is 1.40. The van der Waals surface area contributed by atoms with Gasteiger partial charge in [0, 0.05) is 21.2 Å². The fraction of sp³-hybridized carbons (Fsp3) is 0.185. The average Bonchev–Trinajstić information content (AvgIpc) is 3.44.